The molecule has 0 spiro atoms. The van der Waals surface area contributed by atoms with Crippen molar-refractivity contribution in [3.05, 3.63) is 0 Å². The van der Waals surface area contributed by atoms with Crippen LogP contribution in [0.3, 0.4) is 0 Å². The molecule has 0 aromatic heterocycles. The highest BCUT2D eigenvalue weighted by molar-refractivity contribution is 7.93. The summed E-state index contributed by atoms with van der Waals surface area (Å²) in [5.74, 6) is 1.01. The molecule has 3 nitrogen and oxygen atoms in total. The van der Waals surface area contributed by atoms with Gasteiger partial charge >= 0.3 is 0 Å². The van der Waals surface area contributed by atoms with Crippen molar-refractivity contribution in [2.24, 2.45) is 0 Å². The smallest absolute Gasteiger partial charge is 0.169 e. The summed E-state index contributed by atoms with van der Waals surface area (Å²) < 4.78 is 27.4. The second-order valence-corrected chi connectivity index (χ2v) is 6.07. The van der Waals surface area contributed by atoms with E-state index in [1.54, 1.807) is 0 Å². The molecule has 0 aliphatic heterocycles. The first-order chi connectivity index (χ1) is 7.20. The Hall–Kier alpha value is 0.260. The van der Waals surface area contributed by atoms with Crippen LogP contribution in [-0.2, 0) is 25.8 Å². The van der Waals surface area contributed by atoms with Gasteiger partial charge in [-0.1, -0.05) is 39.5 Å². The quantitative estimate of drug-likeness (QED) is 0.563. The van der Waals surface area contributed by atoms with Crippen molar-refractivity contribution in [1.82, 2.24) is 0 Å². The van der Waals surface area contributed by atoms with E-state index >= 15 is 0 Å². The van der Waals surface area contributed by atoms with Crippen LogP contribution in [0.4, 0.5) is 0 Å². The average Bonchev–Trinajstić information content (AvgIpc) is 2.18. The summed E-state index contributed by atoms with van der Waals surface area (Å²) in [6.45, 7) is 4.18. The van der Waals surface area contributed by atoms with E-state index in [9.17, 15) is 8.42 Å². The molecule has 5 heteroatoms. The molecule has 0 radical (unpaired) electrons. The van der Waals surface area contributed by atoms with Crippen LogP contribution in [0.2, 0.25) is 0 Å². The van der Waals surface area contributed by atoms with Gasteiger partial charge in [0.1, 0.15) is 0 Å². The second-order valence-electron chi connectivity index (χ2n) is 3.50. The molecule has 92 valence electrons. The molecule has 0 N–H and O–H groups in total. The van der Waals surface area contributed by atoms with Gasteiger partial charge in [-0.2, -0.15) is 3.63 Å². The molecule has 0 fully saturated rings. The maximum Gasteiger partial charge on any atom is 0.169 e. The van der Waals surface area contributed by atoms with Gasteiger partial charge in [0, 0.05) is 0 Å². The van der Waals surface area contributed by atoms with E-state index in [0.29, 0.717) is 11.5 Å². The molecular weight excluding hydrogens is 232 g/mol. The molecule has 0 heterocycles. The van der Waals surface area contributed by atoms with E-state index < -0.39 is 22.2 Å². The monoisotopic (exact) mass is 254 g/mol. The molecule has 0 aromatic carbocycles. The van der Waals surface area contributed by atoms with E-state index in [0.717, 1.165) is 38.5 Å². The topological polar surface area (TPSA) is 43.4 Å². The summed E-state index contributed by atoms with van der Waals surface area (Å²) in [4.78, 5) is 0. The first-order valence-electron chi connectivity index (χ1n) is 5.66. The van der Waals surface area contributed by atoms with Crippen molar-refractivity contribution >= 4 is 22.2 Å². The molecule has 0 saturated carbocycles. The van der Waals surface area contributed by atoms with Crippen molar-refractivity contribution < 1.29 is 12.0 Å². The maximum atomic E-state index is 11.3. The van der Waals surface area contributed by atoms with Crippen LogP contribution in [0.1, 0.15) is 52.4 Å². The highest BCUT2D eigenvalue weighted by Gasteiger charge is 2.06. The molecule has 0 aliphatic carbocycles. The zero-order chi connectivity index (χ0) is 11.5. The lowest BCUT2D eigenvalue weighted by Gasteiger charge is -2.02. The molecule has 0 saturated heterocycles. The maximum absolute atomic E-state index is 11.3. The first-order valence-corrected chi connectivity index (χ1v) is 8.15. The largest absolute Gasteiger partial charge is 0.229 e. The summed E-state index contributed by atoms with van der Waals surface area (Å²) in [7, 11) is 0. The highest BCUT2D eigenvalue weighted by atomic mass is 32.3. The fourth-order valence-electron chi connectivity index (χ4n) is 1.09. The van der Waals surface area contributed by atoms with E-state index in [2.05, 4.69) is 13.8 Å². The van der Waals surface area contributed by atoms with Crippen LogP contribution in [0.15, 0.2) is 0 Å². The van der Waals surface area contributed by atoms with Gasteiger partial charge in [-0.25, -0.2) is 8.42 Å². The molecule has 0 bridgehead atoms. The number of hydrogen-bond acceptors (Lipinski definition) is 3. The van der Waals surface area contributed by atoms with Gasteiger partial charge in [0.05, 0.1) is 11.5 Å². The van der Waals surface area contributed by atoms with Crippen molar-refractivity contribution in [3.8, 4) is 0 Å². The van der Waals surface area contributed by atoms with Gasteiger partial charge in [-0.3, -0.25) is 0 Å². The molecule has 0 atom stereocenters. The Morgan fingerprint density at radius 3 is 1.53 bits per heavy atom. The van der Waals surface area contributed by atoms with Crippen LogP contribution in [0.25, 0.3) is 0 Å². The van der Waals surface area contributed by atoms with Crippen LogP contribution in [-0.4, -0.2) is 19.9 Å². The Morgan fingerprint density at radius 2 is 1.20 bits per heavy atom. The zero-order valence-electron chi connectivity index (χ0n) is 9.70. The third-order valence-corrected chi connectivity index (χ3v) is 4.44. The molecular formula is C10H22O3S2. The molecule has 0 unspecified atom stereocenters. The number of hydrogen-bond donors (Lipinski definition) is 0. The Balaban J connectivity index is 3.45. The lowest BCUT2D eigenvalue weighted by molar-refractivity contribution is 0.559. The van der Waals surface area contributed by atoms with Gasteiger partial charge in [0.25, 0.3) is 0 Å². The summed E-state index contributed by atoms with van der Waals surface area (Å²) in [6.07, 6.45) is 6.06. The normalized spacial score (nSPS) is 15.1. The van der Waals surface area contributed by atoms with Gasteiger partial charge in [0.15, 0.2) is 22.2 Å². The summed E-state index contributed by atoms with van der Waals surface area (Å²) >= 11 is -2.71. The minimum Gasteiger partial charge on any atom is -0.229 e. The van der Waals surface area contributed by atoms with Crippen molar-refractivity contribution in [1.29, 1.82) is 0 Å². The SMILES string of the molecule is CCCCCS(=O)OS(=O)CCCCC. The fourth-order valence-corrected chi connectivity index (χ4v) is 3.19. The summed E-state index contributed by atoms with van der Waals surface area (Å²) in [5, 5.41) is 0. The standard InChI is InChI=1S/C10H22O3S2/c1-3-5-7-9-14(11)13-15(12)10-8-6-4-2/h3-10H2,1-2H3. The summed E-state index contributed by atoms with van der Waals surface area (Å²) in [6, 6.07) is 0. The number of rotatable bonds is 10. The van der Waals surface area contributed by atoms with Gasteiger partial charge in [-0.05, 0) is 12.8 Å². The van der Waals surface area contributed by atoms with Gasteiger partial charge in [-0.15, -0.1) is 0 Å². The van der Waals surface area contributed by atoms with Crippen molar-refractivity contribution in [3.63, 3.8) is 0 Å². The van der Waals surface area contributed by atoms with Gasteiger partial charge in [0.2, 0.25) is 0 Å². The van der Waals surface area contributed by atoms with Crippen molar-refractivity contribution in [2.45, 2.75) is 52.4 Å². The fraction of sp³-hybridized carbons (Fsp3) is 1.00. The second kappa shape index (κ2) is 10.8. The van der Waals surface area contributed by atoms with E-state index in [1.807, 2.05) is 0 Å². The van der Waals surface area contributed by atoms with Crippen molar-refractivity contribution in [2.75, 3.05) is 11.5 Å². The van der Waals surface area contributed by atoms with Crippen LogP contribution in [0.5, 0.6) is 0 Å². The van der Waals surface area contributed by atoms with Gasteiger partial charge < -0.3 is 0 Å². The molecule has 15 heavy (non-hydrogen) atoms. The third-order valence-electron chi connectivity index (χ3n) is 1.98. The third kappa shape index (κ3) is 10.5. The molecule has 0 amide bonds. The lowest BCUT2D eigenvalue weighted by atomic mass is 10.3. The molecule has 0 rings (SSSR count). The Labute approximate surface area is 98.3 Å². The van der Waals surface area contributed by atoms with Crippen LogP contribution < -0.4 is 0 Å². The minimum absolute atomic E-state index is 0.507. The molecule has 0 aromatic rings. The van der Waals surface area contributed by atoms with E-state index in [-0.39, 0.29) is 0 Å². The highest BCUT2D eigenvalue weighted by Crippen LogP contribution is 2.02. The minimum atomic E-state index is -1.36. The Morgan fingerprint density at radius 1 is 0.800 bits per heavy atom. The summed E-state index contributed by atoms with van der Waals surface area (Å²) in [5.41, 5.74) is 0. The zero-order valence-corrected chi connectivity index (χ0v) is 11.3. The Kier molecular flexibility index (Phi) is 11.0. The number of unbranched alkanes of at least 4 members (excludes halogenated alkanes) is 4. The Bertz CT molecular complexity index is 175. The molecule has 0 aliphatic rings. The van der Waals surface area contributed by atoms with E-state index in [4.69, 9.17) is 3.63 Å². The average molecular weight is 254 g/mol. The van der Waals surface area contributed by atoms with Crippen LogP contribution >= 0.6 is 0 Å². The predicted octanol–water partition coefficient (Wildman–Crippen LogP) is 2.71. The van der Waals surface area contributed by atoms with Crippen LogP contribution in [0, 0.1) is 0 Å². The van der Waals surface area contributed by atoms with E-state index in [1.165, 1.54) is 0 Å². The predicted molar refractivity (Wildman–Crippen MR) is 66.2 cm³/mol. The first kappa shape index (κ1) is 15.3. The lowest BCUT2D eigenvalue weighted by Crippen LogP contribution is -2.08.